The predicted molar refractivity (Wildman–Crippen MR) is 75.4 cm³/mol. The van der Waals surface area contributed by atoms with Gasteiger partial charge in [-0.3, -0.25) is 15.0 Å². The number of hydrogen-bond acceptors (Lipinski definition) is 4. The Labute approximate surface area is 120 Å². The maximum Gasteiger partial charge on any atom is 0.241 e. The number of carbonyl (C=O) groups is 1. The molecule has 3 aliphatic heterocycles. The van der Waals surface area contributed by atoms with Crippen LogP contribution in [0.2, 0.25) is 0 Å². The summed E-state index contributed by atoms with van der Waals surface area (Å²) in [5.74, 6) is 1.12. The normalized spacial score (nSPS) is 41.0. The molecule has 1 N–H and O–H groups in total. The Hall–Kier alpha value is -0.650. The highest BCUT2D eigenvalue weighted by Crippen LogP contribution is 2.40. The number of rotatable bonds is 3. The molecule has 2 unspecified atom stereocenters. The molecule has 3 saturated heterocycles. The molecule has 4 fully saturated rings. The summed E-state index contributed by atoms with van der Waals surface area (Å²) in [4.78, 5) is 17.3. The van der Waals surface area contributed by atoms with E-state index in [-0.39, 0.29) is 6.04 Å². The Kier molecular flexibility index (Phi) is 3.05. The Balaban J connectivity index is 1.42. The number of fused-ring (bicyclic) bond motifs is 2. The molecule has 5 heteroatoms. The van der Waals surface area contributed by atoms with Gasteiger partial charge < -0.3 is 9.64 Å². The lowest BCUT2D eigenvalue weighted by Gasteiger charge is -2.51. The standard InChI is InChI=1S/C15H25N3O2/c1-9(2)18-11-5-17(6-12(18)8-20-7-11)15(19)14-13(16-14)10-3-4-10/h9-14,16H,3-8H2,1-2H3/t11?,12?,13-,14-/m1/s1. The molecule has 0 spiro atoms. The van der Waals surface area contributed by atoms with Crippen LogP contribution >= 0.6 is 0 Å². The van der Waals surface area contributed by atoms with Crippen molar-refractivity contribution in [1.82, 2.24) is 15.1 Å². The molecular weight excluding hydrogens is 254 g/mol. The third kappa shape index (κ3) is 2.16. The summed E-state index contributed by atoms with van der Waals surface area (Å²) in [5.41, 5.74) is 0. The molecule has 1 saturated carbocycles. The van der Waals surface area contributed by atoms with Crippen molar-refractivity contribution >= 4 is 5.91 Å². The van der Waals surface area contributed by atoms with Gasteiger partial charge in [0.15, 0.2) is 0 Å². The van der Waals surface area contributed by atoms with E-state index < -0.39 is 0 Å². The lowest BCUT2D eigenvalue weighted by atomic mass is 10.0. The van der Waals surface area contributed by atoms with Gasteiger partial charge in [-0.2, -0.15) is 0 Å². The highest BCUT2D eigenvalue weighted by molar-refractivity contribution is 5.86. The molecule has 4 aliphatic rings. The summed E-state index contributed by atoms with van der Waals surface area (Å²) in [6.45, 7) is 7.69. The average molecular weight is 279 g/mol. The van der Waals surface area contributed by atoms with Gasteiger partial charge in [0.1, 0.15) is 6.04 Å². The predicted octanol–water partition coefficient (Wildman–Crippen LogP) is 0.0568. The van der Waals surface area contributed by atoms with Crippen LogP contribution in [0, 0.1) is 5.92 Å². The maximum atomic E-state index is 12.6. The number of carbonyl (C=O) groups excluding carboxylic acids is 1. The zero-order valence-corrected chi connectivity index (χ0v) is 12.4. The van der Waals surface area contributed by atoms with Crippen molar-refractivity contribution in [1.29, 1.82) is 0 Å². The number of amides is 1. The number of piperazine rings is 1. The molecular formula is C15H25N3O2. The van der Waals surface area contributed by atoms with E-state index in [1.807, 2.05) is 0 Å². The van der Waals surface area contributed by atoms with Crippen LogP contribution in [0.4, 0.5) is 0 Å². The topological polar surface area (TPSA) is 54.7 Å². The van der Waals surface area contributed by atoms with E-state index >= 15 is 0 Å². The molecule has 4 rings (SSSR count). The number of nitrogens with one attached hydrogen (secondary N) is 1. The van der Waals surface area contributed by atoms with Crippen molar-refractivity contribution in [2.45, 2.75) is 56.9 Å². The molecule has 0 aromatic rings. The van der Waals surface area contributed by atoms with Crippen molar-refractivity contribution in [3.05, 3.63) is 0 Å². The second kappa shape index (κ2) is 4.68. The largest absolute Gasteiger partial charge is 0.378 e. The summed E-state index contributed by atoms with van der Waals surface area (Å²) in [6, 6.07) is 1.90. The van der Waals surface area contributed by atoms with E-state index in [0.717, 1.165) is 32.2 Å². The lowest BCUT2D eigenvalue weighted by molar-refractivity contribution is -0.147. The van der Waals surface area contributed by atoms with Gasteiger partial charge in [-0.05, 0) is 32.6 Å². The molecule has 1 amide bonds. The molecule has 4 atom stereocenters. The van der Waals surface area contributed by atoms with E-state index in [4.69, 9.17) is 4.74 Å². The van der Waals surface area contributed by atoms with E-state index in [0.29, 0.717) is 30.1 Å². The zero-order valence-electron chi connectivity index (χ0n) is 12.4. The Morgan fingerprint density at radius 1 is 1.20 bits per heavy atom. The molecule has 112 valence electrons. The number of nitrogens with zero attached hydrogens (tertiary/aromatic N) is 2. The molecule has 5 nitrogen and oxygen atoms in total. The lowest BCUT2D eigenvalue weighted by Crippen LogP contribution is -2.67. The van der Waals surface area contributed by atoms with Gasteiger partial charge in [-0.1, -0.05) is 0 Å². The van der Waals surface area contributed by atoms with Crippen LogP contribution in [-0.2, 0) is 9.53 Å². The second-order valence-electron chi connectivity index (χ2n) is 7.14. The highest BCUT2D eigenvalue weighted by atomic mass is 16.5. The van der Waals surface area contributed by atoms with Gasteiger partial charge in [-0.15, -0.1) is 0 Å². The first-order valence-corrected chi connectivity index (χ1v) is 8.05. The Bertz CT molecular complexity index is 396. The Morgan fingerprint density at radius 3 is 2.40 bits per heavy atom. The number of ether oxygens (including phenoxy) is 1. The first kappa shape index (κ1) is 13.0. The highest BCUT2D eigenvalue weighted by Gasteiger charge is 2.53. The third-order valence-electron chi connectivity index (χ3n) is 5.25. The fourth-order valence-corrected chi connectivity index (χ4v) is 4.15. The zero-order chi connectivity index (χ0) is 13.9. The molecule has 2 bridgehead atoms. The van der Waals surface area contributed by atoms with Crippen LogP contribution in [0.25, 0.3) is 0 Å². The van der Waals surface area contributed by atoms with Crippen LogP contribution in [0.3, 0.4) is 0 Å². The van der Waals surface area contributed by atoms with E-state index in [1.165, 1.54) is 12.8 Å². The van der Waals surface area contributed by atoms with E-state index in [9.17, 15) is 4.79 Å². The quantitative estimate of drug-likeness (QED) is 0.742. The summed E-state index contributed by atoms with van der Waals surface area (Å²) in [7, 11) is 0. The van der Waals surface area contributed by atoms with Gasteiger partial charge in [0.2, 0.25) is 5.91 Å². The molecule has 20 heavy (non-hydrogen) atoms. The fraction of sp³-hybridized carbons (Fsp3) is 0.933. The average Bonchev–Trinajstić information content (AvgIpc) is 3.26. The van der Waals surface area contributed by atoms with Gasteiger partial charge in [0.05, 0.1) is 25.3 Å². The first-order chi connectivity index (χ1) is 9.65. The number of morpholine rings is 1. The monoisotopic (exact) mass is 279 g/mol. The third-order valence-corrected chi connectivity index (χ3v) is 5.25. The Morgan fingerprint density at radius 2 is 1.85 bits per heavy atom. The maximum absolute atomic E-state index is 12.6. The van der Waals surface area contributed by atoms with Crippen molar-refractivity contribution in [3.63, 3.8) is 0 Å². The minimum Gasteiger partial charge on any atom is -0.378 e. The molecule has 0 aromatic heterocycles. The molecule has 0 aromatic carbocycles. The van der Waals surface area contributed by atoms with E-state index in [2.05, 4.69) is 29.0 Å². The smallest absolute Gasteiger partial charge is 0.241 e. The SMILES string of the molecule is CC(C)N1C2COCC1CN(C(=O)[C@@H]1N[C@@H]1C1CC1)C2. The van der Waals surface area contributed by atoms with Crippen LogP contribution in [-0.4, -0.2) is 72.2 Å². The molecule has 0 radical (unpaired) electrons. The summed E-state index contributed by atoms with van der Waals surface area (Å²) >= 11 is 0. The van der Waals surface area contributed by atoms with Gasteiger partial charge >= 0.3 is 0 Å². The van der Waals surface area contributed by atoms with Crippen molar-refractivity contribution < 1.29 is 9.53 Å². The van der Waals surface area contributed by atoms with Gasteiger partial charge in [0.25, 0.3) is 0 Å². The summed E-state index contributed by atoms with van der Waals surface area (Å²) < 4.78 is 5.70. The second-order valence-corrected chi connectivity index (χ2v) is 7.14. The van der Waals surface area contributed by atoms with Crippen molar-refractivity contribution in [2.24, 2.45) is 5.92 Å². The first-order valence-electron chi connectivity index (χ1n) is 8.05. The van der Waals surface area contributed by atoms with Gasteiger partial charge in [0, 0.05) is 25.2 Å². The fourth-order valence-electron chi connectivity index (χ4n) is 4.15. The summed E-state index contributed by atoms with van der Waals surface area (Å²) in [6.07, 6.45) is 2.61. The minimum atomic E-state index is 0.120. The van der Waals surface area contributed by atoms with Crippen molar-refractivity contribution in [2.75, 3.05) is 26.3 Å². The van der Waals surface area contributed by atoms with Crippen LogP contribution in [0.15, 0.2) is 0 Å². The van der Waals surface area contributed by atoms with Gasteiger partial charge in [-0.25, -0.2) is 0 Å². The number of hydrogen-bond donors (Lipinski definition) is 1. The van der Waals surface area contributed by atoms with Crippen LogP contribution in [0.5, 0.6) is 0 Å². The summed E-state index contributed by atoms with van der Waals surface area (Å²) in [5, 5.41) is 3.39. The van der Waals surface area contributed by atoms with E-state index in [1.54, 1.807) is 0 Å². The van der Waals surface area contributed by atoms with Crippen LogP contribution in [0.1, 0.15) is 26.7 Å². The molecule has 3 heterocycles. The van der Waals surface area contributed by atoms with Crippen LogP contribution < -0.4 is 5.32 Å². The minimum absolute atomic E-state index is 0.120. The molecule has 1 aliphatic carbocycles. The van der Waals surface area contributed by atoms with Crippen molar-refractivity contribution in [3.8, 4) is 0 Å².